The lowest BCUT2D eigenvalue weighted by molar-refractivity contribution is -0.153. The third kappa shape index (κ3) is 3.51. The molecular formula is C30H38O6. The first kappa shape index (κ1) is 24.2. The van der Waals surface area contributed by atoms with Crippen molar-refractivity contribution < 1.29 is 28.9 Å². The van der Waals surface area contributed by atoms with Crippen molar-refractivity contribution in [2.75, 3.05) is 7.11 Å². The van der Waals surface area contributed by atoms with Crippen molar-refractivity contribution in [1.82, 2.24) is 0 Å². The molecule has 6 heteroatoms. The molecule has 6 aliphatic rings. The van der Waals surface area contributed by atoms with Gasteiger partial charge in [-0.15, -0.1) is 0 Å². The zero-order chi connectivity index (χ0) is 25.6. The number of hydrogen-bond donors (Lipinski definition) is 1. The first-order valence-corrected chi connectivity index (χ1v) is 13.5. The highest BCUT2D eigenvalue weighted by Crippen LogP contribution is 2.61. The summed E-state index contributed by atoms with van der Waals surface area (Å²) in [5.74, 6) is 0.526. The van der Waals surface area contributed by atoms with Crippen LogP contribution in [0.4, 0.5) is 0 Å². The maximum Gasteiger partial charge on any atom is 0.333 e. The standard InChI is InChI=1S/C30H38O6/c1-15-10-18-11-20-21-14-30(33)13-17-6-9-25(31)36-29(3,4)22(17)7-8-23(30)19(21)12-24(34-5)26(20)16(2)27(18)35-28(15)32/h6,9-10,13,16,18-19,21-24,27,33H,7-8,11-12,14H2,1-5H3/t16-,18+,19+,21+,22+,23-,24-,27-,30+/m0/s1. The zero-order valence-corrected chi connectivity index (χ0v) is 22.0. The van der Waals surface area contributed by atoms with Gasteiger partial charge < -0.3 is 19.3 Å². The van der Waals surface area contributed by atoms with Crippen LogP contribution >= 0.6 is 0 Å². The lowest BCUT2D eigenvalue weighted by atomic mass is 9.62. The maximum absolute atomic E-state index is 12.3. The Balaban J connectivity index is 1.40. The summed E-state index contributed by atoms with van der Waals surface area (Å²) >= 11 is 0. The van der Waals surface area contributed by atoms with Gasteiger partial charge in [0.05, 0.1) is 11.7 Å². The second-order valence-electron chi connectivity index (χ2n) is 12.5. The molecule has 2 heterocycles. The van der Waals surface area contributed by atoms with Crippen LogP contribution in [-0.4, -0.2) is 47.6 Å². The second-order valence-corrected chi connectivity index (χ2v) is 12.5. The summed E-state index contributed by atoms with van der Waals surface area (Å²) in [6.07, 6.45) is 11.5. The van der Waals surface area contributed by atoms with Gasteiger partial charge in [-0.3, -0.25) is 0 Å². The molecule has 0 amide bonds. The first-order valence-electron chi connectivity index (χ1n) is 13.5. The predicted molar refractivity (Wildman–Crippen MR) is 134 cm³/mol. The van der Waals surface area contributed by atoms with Crippen molar-refractivity contribution in [3.63, 3.8) is 0 Å². The van der Waals surface area contributed by atoms with Crippen LogP contribution in [0.2, 0.25) is 0 Å². The van der Waals surface area contributed by atoms with Crippen molar-refractivity contribution in [2.45, 2.75) is 83.2 Å². The van der Waals surface area contributed by atoms with Gasteiger partial charge in [-0.1, -0.05) is 24.6 Å². The van der Waals surface area contributed by atoms with Gasteiger partial charge >= 0.3 is 11.9 Å². The van der Waals surface area contributed by atoms with Crippen LogP contribution in [0.25, 0.3) is 0 Å². The van der Waals surface area contributed by atoms with Crippen LogP contribution in [0.3, 0.4) is 0 Å². The van der Waals surface area contributed by atoms with Gasteiger partial charge in [0, 0.05) is 36.5 Å². The Morgan fingerprint density at radius 3 is 2.69 bits per heavy atom. The molecule has 0 spiro atoms. The van der Waals surface area contributed by atoms with E-state index in [2.05, 4.69) is 19.1 Å². The second kappa shape index (κ2) is 8.16. The molecule has 194 valence electrons. The lowest BCUT2D eigenvalue weighted by Crippen LogP contribution is -2.46. The van der Waals surface area contributed by atoms with E-state index in [1.807, 2.05) is 26.8 Å². The van der Waals surface area contributed by atoms with E-state index in [-0.39, 0.29) is 53.7 Å². The Bertz CT molecular complexity index is 1120. The van der Waals surface area contributed by atoms with Crippen LogP contribution in [0, 0.1) is 35.5 Å². The lowest BCUT2D eigenvalue weighted by Gasteiger charge is -2.48. The molecule has 0 bridgehead atoms. The average molecular weight is 495 g/mol. The molecular weight excluding hydrogens is 456 g/mol. The molecule has 0 saturated heterocycles. The minimum Gasteiger partial charge on any atom is -0.458 e. The van der Waals surface area contributed by atoms with E-state index in [1.54, 1.807) is 7.11 Å². The Kier molecular flexibility index (Phi) is 5.48. The molecule has 2 aliphatic heterocycles. The predicted octanol–water partition coefficient (Wildman–Crippen LogP) is 4.44. The van der Waals surface area contributed by atoms with Crippen LogP contribution in [-0.2, 0) is 23.8 Å². The van der Waals surface area contributed by atoms with Crippen molar-refractivity contribution in [2.24, 2.45) is 35.5 Å². The van der Waals surface area contributed by atoms with E-state index in [9.17, 15) is 14.7 Å². The molecule has 1 saturated carbocycles. The fourth-order valence-electron chi connectivity index (χ4n) is 8.73. The summed E-state index contributed by atoms with van der Waals surface area (Å²) in [5, 5.41) is 12.2. The molecule has 36 heavy (non-hydrogen) atoms. The fourth-order valence-corrected chi connectivity index (χ4v) is 8.73. The Morgan fingerprint density at radius 2 is 1.94 bits per heavy atom. The summed E-state index contributed by atoms with van der Waals surface area (Å²) in [6.45, 7) is 7.97. The molecule has 1 fully saturated rings. The van der Waals surface area contributed by atoms with Gasteiger partial charge in [-0.2, -0.15) is 0 Å². The number of cyclic esters (lactones) is 1. The number of ether oxygens (including phenoxy) is 3. The van der Waals surface area contributed by atoms with Gasteiger partial charge in [0.25, 0.3) is 0 Å². The van der Waals surface area contributed by atoms with Gasteiger partial charge in [-0.05, 0) is 87.9 Å². The molecule has 0 unspecified atom stereocenters. The number of fused-ring (bicyclic) bond motifs is 6. The fraction of sp³-hybridized carbons (Fsp3) is 0.667. The number of methoxy groups -OCH3 is 1. The van der Waals surface area contributed by atoms with E-state index >= 15 is 0 Å². The summed E-state index contributed by atoms with van der Waals surface area (Å²) in [6, 6.07) is 0. The summed E-state index contributed by atoms with van der Waals surface area (Å²) < 4.78 is 17.7. The third-order valence-electron chi connectivity index (χ3n) is 10.2. The van der Waals surface area contributed by atoms with E-state index in [1.165, 1.54) is 17.2 Å². The van der Waals surface area contributed by atoms with Crippen molar-refractivity contribution in [3.05, 3.63) is 46.6 Å². The Morgan fingerprint density at radius 1 is 1.17 bits per heavy atom. The number of carbonyl (C=O) groups excluding carboxylic acids is 2. The highest BCUT2D eigenvalue weighted by atomic mass is 16.6. The van der Waals surface area contributed by atoms with Gasteiger partial charge in [0.2, 0.25) is 0 Å². The molecule has 1 N–H and O–H groups in total. The number of esters is 2. The number of allylic oxidation sites excluding steroid dienone is 2. The summed E-state index contributed by atoms with van der Waals surface area (Å²) in [7, 11) is 1.78. The molecule has 0 aromatic heterocycles. The zero-order valence-electron chi connectivity index (χ0n) is 22.0. The van der Waals surface area contributed by atoms with Crippen LogP contribution in [0.5, 0.6) is 0 Å². The van der Waals surface area contributed by atoms with Crippen molar-refractivity contribution in [3.8, 4) is 0 Å². The highest BCUT2D eigenvalue weighted by molar-refractivity contribution is 5.89. The summed E-state index contributed by atoms with van der Waals surface area (Å²) in [4.78, 5) is 24.5. The largest absolute Gasteiger partial charge is 0.458 e. The minimum absolute atomic E-state index is 0.0241. The van der Waals surface area contributed by atoms with E-state index in [4.69, 9.17) is 14.2 Å². The number of rotatable bonds is 1. The van der Waals surface area contributed by atoms with Gasteiger partial charge in [0.15, 0.2) is 0 Å². The Labute approximate surface area is 213 Å². The molecule has 4 aliphatic carbocycles. The molecule has 0 aromatic rings. The maximum atomic E-state index is 12.3. The average Bonchev–Trinajstić information content (AvgIpc) is 2.91. The Hall–Kier alpha value is -2.18. The minimum atomic E-state index is -0.932. The molecule has 0 aromatic carbocycles. The molecule has 9 atom stereocenters. The van der Waals surface area contributed by atoms with Crippen LogP contribution in [0.1, 0.15) is 59.8 Å². The van der Waals surface area contributed by atoms with E-state index in [0.717, 1.165) is 31.3 Å². The van der Waals surface area contributed by atoms with E-state index < -0.39 is 11.2 Å². The van der Waals surface area contributed by atoms with Gasteiger partial charge in [0.1, 0.15) is 11.7 Å². The number of carbonyl (C=O) groups is 2. The van der Waals surface area contributed by atoms with Crippen LogP contribution < -0.4 is 0 Å². The number of hydrogen-bond acceptors (Lipinski definition) is 6. The first-order chi connectivity index (χ1) is 17.0. The summed E-state index contributed by atoms with van der Waals surface area (Å²) in [5.41, 5.74) is 2.87. The quantitative estimate of drug-likeness (QED) is 0.429. The van der Waals surface area contributed by atoms with Crippen molar-refractivity contribution in [1.29, 1.82) is 0 Å². The van der Waals surface area contributed by atoms with Gasteiger partial charge in [-0.25, -0.2) is 9.59 Å². The normalized spacial score (nSPS) is 44.9. The molecule has 0 radical (unpaired) electrons. The van der Waals surface area contributed by atoms with Crippen molar-refractivity contribution >= 4 is 11.9 Å². The van der Waals surface area contributed by atoms with Crippen LogP contribution in [0.15, 0.2) is 46.6 Å². The highest BCUT2D eigenvalue weighted by Gasteiger charge is 2.59. The smallest absolute Gasteiger partial charge is 0.333 e. The third-order valence-corrected chi connectivity index (χ3v) is 10.2. The monoisotopic (exact) mass is 494 g/mol. The topological polar surface area (TPSA) is 82.1 Å². The van der Waals surface area contributed by atoms with E-state index in [0.29, 0.717) is 17.9 Å². The SMILES string of the molecule is CO[C@H]1C[C@@H]2[C@@H](C[C@]3(O)C=C4C=CC(=O)OC(C)(C)[C@@H]4CC[C@@H]23)C2=C1[C@H](C)[C@@H]1OC(=O)C(C)=C[C@@H]1C2. The molecule has 6 rings (SSSR count). The molecule has 6 nitrogen and oxygen atoms in total. The number of aliphatic hydroxyl groups is 1.